The van der Waals surface area contributed by atoms with E-state index in [1.165, 1.54) is 7.05 Å². The summed E-state index contributed by atoms with van der Waals surface area (Å²) in [7, 11) is -0.331. The second-order valence-corrected chi connectivity index (χ2v) is 7.48. The molecule has 7 heteroatoms. The number of sulfonamides is 1. The van der Waals surface area contributed by atoms with Gasteiger partial charge in [-0.1, -0.05) is 0 Å². The molecule has 1 heterocycles. The molecule has 1 N–H and O–H groups in total. The van der Waals surface area contributed by atoms with E-state index in [4.69, 9.17) is 4.74 Å². The number of carbonyl (C=O) groups is 1. The smallest absolute Gasteiger partial charge is 0.225 e. The van der Waals surface area contributed by atoms with Crippen molar-refractivity contribution < 1.29 is 17.9 Å². The first-order chi connectivity index (χ1) is 8.71. The van der Waals surface area contributed by atoms with Crippen molar-refractivity contribution in [3.63, 3.8) is 0 Å². The fraction of sp³-hybridized carbons (Fsp3) is 0.917. The Kier molecular flexibility index (Phi) is 5.34. The number of carbonyl (C=O) groups excluding carboxylic acids is 1. The second-order valence-electron chi connectivity index (χ2n) is 5.51. The first-order valence-corrected chi connectivity index (χ1v) is 8.12. The second kappa shape index (κ2) is 6.19. The summed E-state index contributed by atoms with van der Waals surface area (Å²) >= 11 is 0. The van der Waals surface area contributed by atoms with E-state index in [2.05, 4.69) is 4.72 Å². The van der Waals surface area contributed by atoms with Crippen LogP contribution in [0.1, 0.15) is 33.1 Å². The quantitative estimate of drug-likeness (QED) is 0.766. The van der Waals surface area contributed by atoms with Crippen LogP contribution in [0, 0.1) is 0 Å². The first-order valence-electron chi connectivity index (χ1n) is 6.46. The van der Waals surface area contributed by atoms with E-state index < -0.39 is 15.6 Å². The molecule has 1 aliphatic rings. The summed E-state index contributed by atoms with van der Waals surface area (Å²) in [6.07, 6.45) is 1.85. The monoisotopic (exact) mass is 292 g/mol. The maximum Gasteiger partial charge on any atom is 0.225 e. The lowest BCUT2D eigenvalue weighted by Gasteiger charge is -2.29. The predicted octanol–water partition coefficient (Wildman–Crippen LogP) is 0.342. The molecule has 1 atom stereocenters. The minimum atomic E-state index is -3.29. The highest BCUT2D eigenvalue weighted by molar-refractivity contribution is 7.89. The molecule has 1 fully saturated rings. The van der Waals surface area contributed by atoms with Crippen molar-refractivity contribution in [1.29, 1.82) is 0 Å². The third kappa shape index (κ3) is 4.74. The Morgan fingerprint density at radius 3 is 2.63 bits per heavy atom. The minimum Gasteiger partial charge on any atom is -0.378 e. The van der Waals surface area contributed by atoms with Gasteiger partial charge < -0.3 is 9.64 Å². The summed E-state index contributed by atoms with van der Waals surface area (Å²) < 4.78 is 30.7. The summed E-state index contributed by atoms with van der Waals surface area (Å²) in [6, 6.07) is -0.224. The van der Waals surface area contributed by atoms with Gasteiger partial charge in [-0.15, -0.1) is 0 Å². The van der Waals surface area contributed by atoms with Gasteiger partial charge in [0.05, 0.1) is 17.8 Å². The van der Waals surface area contributed by atoms with Gasteiger partial charge in [0.25, 0.3) is 0 Å². The Balaban J connectivity index is 2.69. The van der Waals surface area contributed by atoms with Crippen LogP contribution in [-0.4, -0.2) is 57.3 Å². The van der Waals surface area contributed by atoms with Crippen LogP contribution in [0.4, 0.5) is 0 Å². The SMILES string of the molecule is CNS(=O)(=O)CC1CCCN1C(=O)CC(C)(C)OC. The number of nitrogens with zero attached hydrogens (tertiary/aromatic N) is 1. The number of hydrogen-bond acceptors (Lipinski definition) is 4. The highest BCUT2D eigenvalue weighted by Crippen LogP contribution is 2.23. The third-order valence-corrected chi connectivity index (χ3v) is 5.00. The Morgan fingerprint density at radius 2 is 2.11 bits per heavy atom. The number of nitrogens with one attached hydrogen (secondary N) is 1. The lowest BCUT2D eigenvalue weighted by Crippen LogP contribution is -2.44. The number of hydrogen-bond donors (Lipinski definition) is 1. The minimum absolute atomic E-state index is 0.0251. The predicted molar refractivity (Wildman–Crippen MR) is 73.3 cm³/mol. The molecule has 0 bridgehead atoms. The standard InChI is InChI=1S/C12H24N2O4S/c1-12(2,18-4)8-11(15)14-7-5-6-10(14)9-19(16,17)13-3/h10,13H,5-9H2,1-4H3. The van der Waals surface area contributed by atoms with E-state index in [0.717, 1.165) is 12.8 Å². The highest BCUT2D eigenvalue weighted by atomic mass is 32.2. The average molecular weight is 292 g/mol. The largest absolute Gasteiger partial charge is 0.378 e. The molecule has 1 amide bonds. The Labute approximate surface area is 115 Å². The Morgan fingerprint density at radius 1 is 1.47 bits per heavy atom. The molecule has 1 saturated heterocycles. The molecule has 0 aromatic rings. The number of amides is 1. The van der Waals surface area contributed by atoms with Gasteiger partial charge in [-0.05, 0) is 33.7 Å². The number of ether oxygens (including phenoxy) is 1. The van der Waals surface area contributed by atoms with E-state index in [0.29, 0.717) is 6.54 Å². The van der Waals surface area contributed by atoms with Crippen molar-refractivity contribution in [2.24, 2.45) is 0 Å². The zero-order valence-corrected chi connectivity index (χ0v) is 12.9. The van der Waals surface area contributed by atoms with Gasteiger partial charge in [0.15, 0.2) is 0 Å². The van der Waals surface area contributed by atoms with Gasteiger partial charge in [0.2, 0.25) is 15.9 Å². The maximum absolute atomic E-state index is 12.2. The molecule has 1 unspecified atom stereocenters. The normalized spacial score (nSPS) is 20.8. The molecular formula is C12H24N2O4S. The van der Waals surface area contributed by atoms with Crippen molar-refractivity contribution in [3.05, 3.63) is 0 Å². The molecule has 0 spiro atoms. The van der Waals surface area contributed by atoms with E-state index >= 15 is 0 Å². The van der Waals surface area contributed by atoms with E-state index in [1.54, 1.807) is 12.0 Å². The van der Waals surface area contributed by atoms with Crippen LogP contribution in [0.15, 0.2) is 0 Å². The molecule has 19 heavy (non-hydrogen) atoms. The molecule has 6 nitrogen and oxygen atoms in total. The van der Waals surface area contributed by atoms with Gasteiger partial charge in [-0.25, -0.2) is 13.1 Å². The average Bonchev–Trinajstić information content (AvgIpc) is 2.76. The van der Waals surface area contributed by atoms with Crippen molar-refractivity contribution in [1.82, 2.24) is 9.62 Å². The number of likely N-dealkylation sites (tertiary alicyclic amines) is 1. The van der Waals surface area contributed by atoms with Crippen LogP contribution >= 0.6 is 0 Å². The summed E-state index contributed by atoms with van der Waals surface area (Å²) in [4.78, 5) is 13.9. The highest BCUT2D eigenvalue weighted by Gasteiger charge is 2.34. The summed E-state index contributed by atoms with van der Waals surface area (Å²) in [6.45, 7) is 4.32. The Hall–Kier alpha value is -0.660. The molecule has 0 aliphatic carbocycles. The van der Waals surface area contributed by atoms with Gasteiger partial charge >= 0.3 is 0 Å². The number of methoxy groups -OCH3 is 1. The van der Waals surface area contributed by atoms with E-state index in [-0.39, 0.29) is 24.1 Å². The zero-order chi connectivity index (χ0) is 14.7. The molecule has 112 valence electrons. The molecular weight excluding hydrogens is 268 g/mol. The first kappa shape index (κ1) is 16.4. The molecule has 0 aromatic carbocycles. The molecule has 0 saturated carbocycles. The van der Waals surface area contributed by atoms with Crippen LogP contribution in [0.25, 0.3) is 0 Å². The van der Waals surface area contributed by atoms with Gasteiger partial charge in [0, 0.05) is 19.7 Å². The summed E-state index contributed by atoms with van der Waals surface area (Å²) in [5.74, 6) is -0.0662. The fourth-order valence-corrected chi connectivity index (χ4v) is 3.23. The molecule has 0 aromatic heterocycles. The number of rotatable bonds is 6. The van der Waals surface area contributed by atoms with Crippen LogP contribution in [0.5, 0.6) is 0 Å². The van der Waals surface area contributed by atoms with E-state index in [1.807, 2.05) is 13.8 Å². The van der Waals surface area contributed by atoms with Crippen molar-refractivity contribution >= 4 is 15.9 Å². The summed E-state index contributed by atoms with van der Waals surface area (Å²) in [5, 5.41) is 0. The van der Waals surface area contributed by atoms with Gasteiger partial charge in [-0.3, -0.25) is 4.79 Å². The lowest BCUT2D eigenvalue weighted by atomic mass is 10.0. The van der Waals surface area contributed by atoms with Crippen LogP contribution in [0.3, 0.4) is 0 Å². The maximum atomic E-state index is 12.2. The van der Waals surface area contributed by atoms with Crippen molar-refractivity contribution in [3.8, 4) is 0 Å². The zero-order valence-electron chi connectivity index (χ0n) is 12.1. The topological polar surface area (TPSA) is 75.7 Å². The van der Waals surface area contributed by atoms with Crippen molar-refractivity contribution in [2.75, 3.05) is 26.5 Å². The molecule has 1 aliphatic heterocycles. The third-order valence-electron chi connectivity index (χ3n) is 3.55. The van der Waals surface area contributed by atoms with Crippen LogP contribution in [0.2, 0.25) is 0 Å². The molecule has 0 radical (unpaired) electrons. The van der Waals surface area contributed by atoms with Gasteiger partial charge in [-0.2, -0.15) is 0 Å². The lowest BCUT2D eigenvalue weighted by molar-refractivity contribution is -0.136. The van der Waals surface area contributed by atoms with Gasteiger partial charge in [0.1, 0.15) is 0 Å². The van der Waals surface area contributed by atoms with Crippen LogP contribution in [-0.2, 0) is 19.6 Å². The van der Waals surface area contributed by atoms with E-state index in [9.17, 15) is 13.2 Å². The Bertz CT molecular complexity index is 419. The fourth-order valence-electron chi connectivity index (χ4n) is 2.21. The molecule has 1 rings (SSSR count). The summed E-state index contributed by atoms with van der Waals surface area (Å²) in [5.41, 5.74) is -0.522. The van der Waals surface area contributed by atoms with Crippen molar-refractivity contribution in [2.45, 2.75) is 44.8 Å². The van der Waals surface area contributed by atoms with Crippen LogP contribution < -0.4 is 4.72 Å².